The minimum Gasteiger partial charge on any atom is -0.206 e. The number of hydrogen-bond donors (Lipinski definition) is 0. The van der Waals surface area contributed by atoms with Crippen LogP contribution in [0.1, 0.15) is 62.5 Å². The Balaban J connectivity index is 2.04. The third-order valence-electron chi connectivity index (χ3n) is 4.26. The summed E-state index contributed by atoms with van der Waals surface area (Å²) in [7, 11) is 0. The molecule has 1 aromatic rings. The van der Waals surface area contributed by atoms with Crippen molar-refractivity contribution in [3.8, 4) is 17.9 Å². The Morgan fingerprint density at radius 3 is 2.60 bits per heavy atom. The fourth-order valence-electron chi connectivity index (χ4n) is 3.17. The first kappa shape index (κ1) is 14.6. The molecule has 1 saturated carbocycles. The number of nitrogens with zero attached hydrogens (tertiary/aromatic N) is 1. The lowest BCUT2D eigenvalue weighted by Gasteiger charge is -2.28. The van der Waals surface area contributed by atoms with Crippen LogP contribution < -0.4 is 0 Å². The van der Waals surface area contributed by atoms with Crippen molar-refractivity contribution < 1.29 is 4.39 Å². The minimum atomic E-state index is -0.305. The normalized spacial score (nSPS) is 21.6. The second-order valence-electron chi connectivity index (χ2n) is 5.61. The first-order valence-corrected chi connectivity index (χ1v) is 7.44. The monoisotopic (exact) mass is 269 g/mol. The summed E-state index contributed by atoms with van der Waals surface area (Å²) in [5.74, 6) is 5.81. The van der Waals surface area contributed by atoms with Gasteiger partial charge in [0.2, 0.25) is 0 Å². The maximum Gasteiger partial charge on any atom is 0.152 e. The van der Waals surface area contributed by atoms with E-state index in [0.29, 0.717) is 11.5 Å². The predicted molar refractivity (Wildman–Crippen MR) is 78.5 cm³/mol. The number of rotatable bonds is 3. The molecule has 0 amide bonds. The highest BCUT2D eigenvalue weighted by molar-refractivity contribution is 5.41. The van der Waals surface area contributed by atoms with Crippen molar-refractivity contribution >= 4 is 0 Å². The quantitative estimate of drug-likeness (QED) is 0.725. The second kappa shape index (κ2) is 7.11. The van der Waals surface area contributed by atoms with Gasteiger partial charge in [-0.3, -0.25) is 0 Å². The number of nitriles is 1. The molecule has 0 atom stereocenters. The molecule has 0 radical (unpaired) electrons. The van der Waals surface area contributed by atoms with E-state index in [2.05, 4.69) is 18.8 Å². The molecule has 0 N–H and O–H groups in total. The summed E-state index contributed by atoms with van der Waals surface area (Å²) in [6.07, 6.45) is 7.42. The molecule has 0 aliphatic heterocycles. The lowest BCUT2D eigenvalue weighted by atomic mass is 9.77. The summed E-state index contributed by atoms with van der Waals surface area (Å²) < 4.78 is 13.9. The highest BCUT2D eigenvalue weighted by Gasteiger charge is 2.22. The van der Waals surface area contributed by atoms with Gasteiger partial charge in [-0.25, -0.2) is 4.39 Å². The molecule has 1 aliphatic rings. The van der Waals surface area contributed by atoms with Gasteiger partial charge in [0.05, 0.1) is 5.56 Å². The summed E-state index contributed by atoms with van der Waals surface area (Å²) in [5.41, 5.74) is 1.40. The molecule has 2 rings (SSSR count). The lowest BCUT2D eigenvalue weighted by molar-refractivity contribution is 0.308. The summed E-state index contributed by atoms with van der Waals surface area (Å²) >= 11 is 0. The summed E-state index contributed by atoms with van der Waals surface area (Å²) in [4.78, 5) is 0. The zero-order valence-electron chi connectivity index (χ0n) is 12.0. The Morgan fingerprint density at radius 1 is 1.25 bits per heavy atom. The molecule has 0 heterocycles. The van der Waals surface area contributed by atoms with Crippen molar-refractivity contribution in [1.29, 1.82) is 5.26 Å². The van der Waals surface area contributed by atoms with Gasteiger partial charge in [-0.15, -0.1) is 0 Å². The van der Waals surface area contributed by atoms with Gasteiger partial charge in [-0.05, 0) is 61.1 Å². The van der Waals surface area contributed by atoms with E-state index in [1.807, 2.05) is 6.07 Å². The van der Waals surface area contributed by atoms with Crippen molar-refractivity contribution in [2.75, 3.05) is 0 Å². The summed E-state index contributed by atoms with van der Waals surface area (Å²) in [6.45, 7) is 2.24. The van der Waals surface area contributed by atoms with E-state index in [4.69, 9.17) is 5.26 Å². The SMILES string of the molecule is CCCC1CCC(c2ccc(C#CC#N)c(F)c2)CC1. The van der Waals surface area contributed by atoms with E-state index >= 15 is 0 Å². The van der Waals surface area contributed by atoms with Crippen molar-refractivity contribution in [2.24, 2.45) is 5.92 Å². The zero-order valence-corrected chi connectivity index (χ0v) is 12.0. The Bertz CT molecular complexity index is 551. The van der Waals surface area contributed by atoms with E-state index in [1.165, 1.54) is 25.7 Å². The first-order valence-electron chi connectivity index (χ1n) is 7.44. The maximum atomic E-state index is 13.9. The molecule has 0 spiro atoms. The first-order chi connectivity index (χ1) is 9.74. The summed E-state index contributed by atoms with van der Waals surface area (Å²) in [5, 5.41) is 8.40. The van der Waals surface area contributed by atoms with Crippen LogP contribution in [0, 0.1) is 34.9 Å². The van der Waals surface area contributed by atoms with E-state index < -0.39 is 0 Å². The van der Waals surface area contributed by atoms with Gasteiger partial charge < -0.3 is 0 Å². The highest BCUT2D eigenvalue weighted by atomic mass is 19.1. The topological polar surface area (TPSA) is 23.8 Å². The number of halogens is 1. The number of benzene rings is 1. The molecule has 104 valence electrons. The Labute approximate surface area is 120 Å². The van der Waals surface area contributed by atoms with E-state index in [1.54, 1.807) is 18.2 Å². The van der Waals surface area contributed by atoms with Gasteiger partial charge >= 0.3 is 0 Å². The molecule has 1 nitrogen and oxygen atoms in total. The molecule has 0 unspecified atom stereocenters. The average Bonchev–Trinajstić information content (AvgIpc) is 2.47. The van der Waals surface area contributed by atoms with Crippen LogP contribution in [-0.4, -0.2) is 0 Å². The molecule has 20 heavy (non-hydrogen) atoms. The van der Waals surface area contributed by atoms with E-state index in [9.17, 15) is 4.39 Å². The number of hydrogen-bond acceptors (Lipinski definition) is 1. The molecule has 1 aliphatic carbocycles. The van der Waals surface area contributed by atoms with Crippen LogP contribution >= 0.6 is 0 Å². The standard InChI is InChI=1S/C18H20FN/c1-2-4-14-6-8-15(9-7-14)17-11-10-16(5-3-12-20)18(19)13-17/h10-11,13-15H,2,4,6-9H2,1H3. The largest absolute Gasteiger partial charge is 0.206 e. The third-order valence-corrected chi connectivity index (χ3v) is 4.26. The smallest absolute Gasteiger partial charge is 0.152 e. The van der Waals surface area contributed by atoms with Gasteiger partial charge in [-0.2, -0.15) is 5.26 Å². The van der Waals surface area contributed by atoms with E-state index in [-0.39, 0.29) is 5.82 Å². The average molecular weight is 269 g/mol. The highest BCUT2D eigenvalue weighted by Crippen LogP contribution is 2.37. The predicted octanol–water partition coefficient (Wildman–Crippen LogP) is 4.77. The van der Waals surface area contributed by atoms with Crippen LogP contribution in [0.25, 0.3) is 0 Å². The molecule has 0 aromatic heterocycles. The van der Waals surface area contributed by atoms with Crippen molar-refractivity contribution in [2.45, 2.75) is 51.4 Å². The van der Waals surface area contributed by atoms with Gasteiger partial charge in [0.25, 0.3) is 0 Å². The lowest BCUT2D eigenvalue weighted by Crippen LogP contribution is -2.13. The van der Waals surface area contributed by atoms with Crippen molar-refractivity contribution in [3.63, 3.8) is 0 Å². The molecule has 1 fully saturated rings. The van der Waals surface area contributed by atoms with Crippen LogP contribution in [0.4, 0.5) is 4.39 Å². The molecule has 2 heteroatoms. The van der Waals surface area contributed by atoms with Gasteiger partial charge in [0.15, 0.2) is 6.07 Å². The third kappa shape index (κ3) is 3.61. The fraction of sp³-hybridized carbons (Fsp3) is 0.500. The minimum absolute atomic E-state index is 0.305. The molecule has 0 bridgehead atoms. The van der Waals surface area contributed by atoms with Crippen LogP contribution in [0.3, 0.4) is 0 Å². The van der Waals surface area contributed by atoms with Crippen molar-refractivity contribution in [3.05, 3.63) is 35.1 Å². The van der Waals surface area contributed by atoms with Crippen molar-refractivity contribution in [1.82, 2.24) is 0 Å². The van der Waals surface area contributed by atoms with Gasteiger partial charge in [0, 0.05) is 5.92 Å². The Kier molecular flexibility index (Phi) is 5.19. The second-order valence-corrected chi connectivity index (χ2v) is 5.61. The van der Waals surface area contributed by atoms with Crippen LogP contribution in [0.5, 0.6) is 0 Å². The van der Waals surface area contributed by atoms with Gasteiger partial charge in [0.1, 0.15) is 5.82 Å². The molecule has 0 saturated heterocycles. The molecular weight excluding hydrogens is 249 g/mol. The molecular formula is C18H20FN. The molecule has 1 aromatic carbocycles. The van der Waals surface area contributed by atoms with Crippen LogP contribution in [0.2, 0.25) is 0 Å². The van der Waals surface area contributed by atoms with Crippen LogP contribution in [0.15, 0.2) is 18.2 Å². The maximum absolute atomic E-state index is 13.9. The Hall–Kier alpha value is -1.80. The fourth-order valence-corrected chi connectivity index (χ4v) is 3.17. The Morgan fingerprint density at radius 2 is 2.00 bits per heavy atom. The summed E-state index contributed by atoms with van der Waals surface area (Å²) in [6, 6.07) is 6.98. The van der Waals surface area contributed by atoms with Gasteiger partial charge in [-0.1, -0.05) is 25.8 Å². The van der Waals surface area contributed by atoms with E-state index in [0.717, 1.165) is 24.3 Å². The van der Waals surface area contributed by atoms with Crippen LogP contribution in [-0.2, 0) is 0 Å². The zero-order chi connectivity index (χ0) is 14.4.